The van der Waals surface area contributed by atoms with Crippen molar-refractivity contribution in [1.29, 1.82) is 5.41 Å². The number of nitrogens with one attached hydrogen (secondary N) is 1. The number of nitrogens with zero attached hydrogens (tertiary/aromatic N) is 2. The third-order valence-corrected chi connectivity index (χ3v) is 6.25. The zero-order valence-electron chi connectivity index (χ0n) is 21.7. The second-order valence-corrected chi connectivity index (χ2v) is 9.84. The number of carbonyl (C=O) groups excluding carboxylic acids is 1. The Balaban J connectivity index is 1.57. The van der Waals surface area contributed by atoms with E-state index in [-0.39, 0.29) is 53.2 Å². The van der Waals surface area contributed by atoms with Gasteiger partial charge in [-0.1, -0.05) is 20.8 Å². The molecule has 38 heavy (non-hydrogen) atoms. The molecule has 0 spiro atoms. The Kier molecular flexibility index (Phi) is 7.08. The van der Waals surface area contributed by atoms with E-state index in [0.29, 0.717) is 16.9 Å². The maximum Gasteiger partial charge on any atom is 0.337 e. The molecule has 0 fully saturated rings. The van der Waals surface area contributed by atoms with Crippen LogP contribution in [0.4, 0.5) is 4.39 Å². The van der Waals surface area contributed by atoms with Crippen LogP contribution in [-0.2, 0) is 12.0 Å². The number of methoxy groups -OCH3 is 2. The first kappa shape index (κ1) is 26.6. The first-order valence-electron chi connectivity index (χ1n) is 11.8. The Morgan fingerprint density at radius 3 is 2.37 bits per heavy atom. The van der Waals surface area contributed by atoms with Crippen LogP contribution in [0.2, 0.25) is 0 Å². The fourth-order valence-corrected chi connectivity index (χ4v) is 4.28. The predicted octanol–water partition coefficient (Wildman–Crippen LogP) is 5.05. The van der Waals surface area contributed by atoms with Crippen LogP contribution >= 0.6 is 0 Å². The quantitative estimate of drug-likeness (QED) is 0.395. The number of benzene rings is 2. The van der Waals surface area contributed by atoms with Gasteiger partial charge in [0.05, 0.1) is 31.9 Å². The summed E-state index contributed by atoms with van der Waals surface area (Å²) in [4.78, 5) is 29.9. The smallest absolute Gasteiger partial charge is 0.337 e. The number of ether oxygens (including phenoxy) is 3. The predicted molar refractivity (Wildman–Crippen MR) is 137 cm³/mol. The normalized spacial score (nSPS) is 12.8. The highest BCUT2D eigenvalue weighted by atomic mass is 19.1. The summed E-state index contributed by atoms with van der Waals surface area (Å²) in [6.45, 7) is 5.98. The van der Waals surface area contributed by atoms with Gasteiger partial charge in [-0.15, -0.1) is 0 Å². The van der Waals surface area contributed by atoms with Crippen molar-refractivity contribution >= 4 is 17.6 Å². The minimum absolute atomic E-state index is 0.0424. The Hall–Kier alpha value is -4.47. The standard InChI is InChI=1S/C28H28FN3O6/c1-28(2,3)18-10-15(6-8-20(18)38-22-9-7-16(12-31-22)27(34)35)19(33)14-32-13-17-11-21(36-4)25(37-5)24(29)23(17)26(32)30/h6-12,30H,13-14H2,1-5H3,(H,34,35). The summed E-state index contributed by atoms with van der Waals surface area (Å²) >= 11 is 0. The molecule has 2 N–H and O–H groups in total. The van der Waals surface area contributed by atoms with Crippen LogP contribution < -0.4 is 14.2 Å². The molecule has 0 bridgehead atoms. The summed E-state index contributed by atoms with van der Waals surface area (Å²) in [5.74, 6) is -1.28. The second kappa shape index (κ2) is 10.1. The number of aromatic carboxylic acids is 1. The van der Waals surface area contributed by atoms with E-state index in [0.717, 1.165) is 5.56 Å². The van der Waals surface area contributed by atoms with E-state index in [1.807, 2.05) is 20.8 Å². The van der Waals surface area contributed by atoms with Gasteiger partial charge in [0.25, 0.3) is 0 Å². The van der Waals surface area contributed by atoms with Crippen LogP contribution in [0.3, 0.4) is 0 Å². The number of fused-ring (bicyclic) bond motifs is 1. The molecule has 0 radical (unpaired) electrons. The highest BCUT2D eigenvalue weighted by Gasteiger charge is 2.33. The number of halogens is 1. The molecule has 3 aromatic rings. The number of amidine groups is 1. The maximum atomic E-state index is 15.1. The molecule has 4 rings (SSSR count). The number of ketones is 1. The third-order valence-electron chi connectivity index (χ3n) is 6.25. The van der Waals surface area contributed by atoms with E-state index >= 15 is 4.39 Å². The lowest BCUT2D eigenvalue weighted by molar-refractivity contribution is 0.0696. The third kappa shape index (κ3) is 5.02. The molecule has 0 unspecified atom stereocenters. The van der Waals surface area contributed by atoms with Gasteiger partial charge in [0.15, 0.2) is 23.1 Å². The molecule has 2 aromatic carbocycles. The zero-order chi connectivity index (χ0) is 27.8. The lowest BCUT2D eigenvalue weighted by Crippen LogP contribution is -2.30. The fraction of sp³-hybridized carbons (Fsp3) is 0.286. The van der Waals surface area contributed by atoms with Gasteiger partial charge in [-0.2, -0.15) is 0 Å². The lowest BCUT2D eigenvalue weighted by atomic mass is 9.85. The maximum absolute atomic E-state index is 15.1. The van der Waals surface area contributed by atoms with Gasteiger partial charge in [-0.05, 0) is 41.3 Å². The minimum Gasteiger partial charge on any atom is -0.493 e. The van der Waals surface area contributed by atoms with Crippen molar-refractivity contribution in [2.24, 2.45) is 0 Å². The molecule has 0 saturated carbocycles. The van der Waals surface area contributed by atoms with E-state index in [1.165, 1.54) is 37.4 Å². The minimum atomic E-state index is -1.09. The number of aromatic nitrogens is 1. The summed E-state index contributed by atoms with van der Waals surface area (Å²) in [6, 6.07) is 9.52. The number of pyridine rings is 1. The van der Waals surface area contributed by atoms with Crippen molar-refractivity contribution in [3.05, 3.63) is 76.2 Å². The van der Waals surface area contributed by atoms with E-state index in [4.69, 9.17) is 24.7 Å². The molecule has 0 atom stereocenters. The first-order chi connectivity index (χ1) is 17.9. The Morgan fingerprint density at radius 1 is 1.08 bits per heavy atom. The van der Waals surface area contributed by atoms with Crippen molar-refractivity contribution in [2.45, 2.75) is 32.7 Å². The van der Waals surface area contributed by atoms with Crippen molar-refractivity contribution < 1.29 is 33.3 Å². The van der Waals surface area contributed by atoms with Gasteiger partial charge in [0.1, 0.15) is 11.6 Å². The van der Waals surface area contributed by atoms with Gasteiger partial charge in [0.2, 0.25) is 5.88 Å². The largest absolute Gasteiger partial charge is 0.493 e. The first-order valence-corrected chi connectivity index (χ1v) is 11.8. The zero-order valence-corrected chi connectivity index (χ0v) is 21.7. The molecular weight excluding hydrogens is 493 g/mol. The van der Waals surface area contributed by atoms with Crippen molar-refractivity contribution in [3.63, 3.8) is 0 Å². The summed E-state index contributed by atoms with van der Waals surface area (Å²) in [6.07, 6.45) is 1.21. The van der Waals surface area contributed by atoms with Crippen molar-refractivity contribution in [1.82, 2.24) is 9.88 Å². The molecular formula is C28H28FN3O6. The highest BCUT2D eigenvalue weighted by molar-refractivity contribution is 6.06. The number of rotatable bonds is 8. The molecule has 2 heterocycles. The highest BCUT2D eigenvalue weighted by Crippen LogP contribution is 2.39. The summed E-state index contributed by atoms with van der Waals surface area (Å²) < 4.78 is 31.3. The molecule has 0 amide bonds. The van der Waals surface area contributed by atoms with Gasteiger partial charge < -0.3 is 24.2 Å². The Morgan fingerprint density at radius 2 is 1.79 bits per heavy atom. The van der Waals surface area contributed by atoms with Gasteiger partial charge in [0, 0.05) is 29.9 Å². The number of Topliss-reactive ketones (excluding diaryl/α,β-unsaturated/α-hetero) is 1. The topological polar surface area (TPSA) is 122 Å². The van der Waals surface area contributed by atoms with Crippen molar-refractivity contribution in [3.8, 4) is 23.1 Å². The second-order valence-electron chi connectivity index (χ2n) is 9.84. The van der Waals surface area contributed by atoms with Gasteiger partial charge in [-0.25, -0.2) is 14.2 Å². The van der Waals surface area contributed by atoms with Crippen LogP contribution in [0.25, 0.3) is 0 Å². The van der Waals surface area contributed by atoms with E-state index in [2.05, 4.69) is 4.98 Å². The molecule has 0 aliphatic carbocycles. The molecule has 1 aromatic heterocycles. The van der Waals surface area contributed by atoms with Gasteiger partial charge >= 0.3 is 5.97 Å². The number of carboxylic acid groups (broad SMARTS) is 1. The molecule has 9 nitrogen and oxygen atoms in total. The van der Waals surface area contributed by atoms with E-state index in [9.17, 15) is 9.59 Å². The van der Waals surface area contributed by atoms with E-state index < -0.39 is 17.2 Å². The monoisotopic (exact) mass is 521 g/mol. The molecule has 1 aliphatic rings. The molecule has 0 saturated heterocycles. The summed E-state index contributed by atoms with van der Waals surface area (Å²) in [5.41, 5.74) is 1.43. The van der Waals surface area contributed by atoms with E-state index in [1.54, 1.807) is 24.3 Å². The van der Waals surface area contributed by atoms with Crippen LogP contribution in [0.1, 0.15) is 58.2 Å². The molecule has 1 aliphatic heterocycles. The van der Waals surface area contributed by atoms with Gasteiger partial charge in [-0.3, -0.25) is 10.2 Å². The summed E-state index contributed by atoms with van der Waals surface area (Å²) in [5, 5.41) is 17.6. The number of carbonyl (C=O) groups is 2. The SMILES string of the molecule is COc1cc2c(c(F)c1OC)C(=N)N(CC(=O)c1ccc(Oc3ccc(C(=O)O)cn3)c(C(C)(C)C)c1)C2. The van der Waals surface area contributed by atoms with Crippen LogP contribution in [0.5, 0.6) is 23.1 Å². The van der Waals surface area contributed by atoms with Crippen molar-refractivity contribution in [2.75, 3.05) is 20.8 Å². The van der Waals surface area contributed by atoms with Crippen LogP contribution in [0.15, 0.2) is 42.6 Å². The average Bonchev–Trinajstić information content (AvgIpc) is 3.18. The average molecular weight is 522 g/mol. The van der Waals surface area contributed by atoms with Crippen LogP contribution in [0, 0.1) is 11.2 Å². The lowest BCUT2D eigenvalue weighted by Gasteiger charge is -2.24. The number of carboxylic acids is 1. The summed E-state index contributed by atoms with van der Waals surface area (Å²) in [7, 11) is 2.74. The fourth-order valence-electron chi connectivity index (χ4n) is 4.28. The van der Waals surface area contributed by atoms with Crippen LogP contribution in [-0.4, -0.2) is 53.3 Å². The number of hydrogen-bond donors (Lipinski definition) is 2. The Labute approximate surface area is 219 Å². The molecule has 10 heteroatoms. The number of hydrogen-bond acceptors (Lipinski definition) is 7. The molecule has 198 valence electrons. The Bertz CT molecular complexity index is 1430.